The SMILES string of the molecule is COc1ccc(CNC(=O)c2ccc(OCc3ccccc3Cl)cc2)cc1OC. The van der Waals surface area contributed by atoms with E-state index in [9.17, 15) is 4.79 Å². The summed E-state index contributed by atoms with van der Waals surface area (Å²) in [5, 5.41) is 3.56. The molecule has 0 saturated heterocycles. The smallest absolute Gasteiger partial charge is 0.251 e. The van der Waals surface area contributed by atoms with Crippen LogP contribution >= 0.6 is 11.6 Å². The third-order valence-corrected chi connectivity index (χ3v) is 4.74. The molecular formula is C23H22ClNO4. The summed E-state index contributed by atoms with van der Waals surface area (Å²) >= 11 is 6.13. The largest absolute Gasteiger partial charge is 0.493 e. The van der Waals surface area contributed by atoms with E-state index in [1.807, 2.05) is 42.5 Å². The minimum atomic E-state index is -0.169. The summed E-state index contributed by atoms with van der Waals surface area (Å²) in [5.74, 6) is 1.77. The van der Waals surface area contributed by atoms with E-state index >= 15 is 0 Å². The summed E-state index contributed by atoms with van der Waals surface area (Å²) in [6.07, 6.45) is 0. The molecule has 3 aromatic rings. The second-order valence-corrected chi connectivity index (χ2v) is 6.68. The zero-order valence-electron chi connectivity index (χ0n) is 16.3. The van der Waals surface area contributed by atoms with E-state index in [4.69, 9.17) is 25.8 Å². The van der Waals surface area contributed by atoms with Gasteiger partial charge in [-0.05, 0) is 48.0 Å². The van der Waals surface area contributed by atoms with Gasteiger partial charge in [0.2, 0.25) is 0 Å². The van der Waals surface area contributed by atoms with Gasteiger partial charge < -0.3 is 19.5 Å². The summed E-state index contributed by atoms with van der Waals surface area (Å²) in [6, 6.07) is 20.0. The molecule has 150 valence electrons. The maximum Gasteiger partial charge on any atom is 0.251 e. The van der Waals surface area contributed by atoms with Gasteiger partial charge in [-0.3, -0.25) is 4.79 Å². The highest BCUT2D eigenvalue weighted by Gasteiger charge is 2.08. The molecule has 3 aromatic carbocycles. The van der Waals surface area contributed by atoms with Crippen LogP contribution in [0.5, 0.6) is 17.2 Å². The van der Waals surface area contributed by atoms with Gasteiger partial charge in [-0.1, -0.05) is 35.9 Å². The minimum absolute atomic E-state index is 0.169. The highest BCUT2D eigenvalue weighted by molar-refractivity contribution is 6.31. The number of rotatable bonds is 8. The molecule has 0 aliphatic carbocycles. The van der Waals surface area contributed by atoms with Crippen LogP contribution in [0.15, 0.2) is 66.7 Å². The molecule has 0 spiro atoms. The molecule has 0 aromatic heterocycles. The van der Waals surface area contributed by atoms with Crippen molar-refractivity contribution in [1.29, 1.82) is 0 Å². The summed E-state index contributed by atoms with van der Waals surface area (Å²) in [6.45, 7) is 0.745. The predicted molar refractivity (Wildman–Crippen MR) is 113 cm³/mol. The number of hydrogen-bond donors (Lipinski definition) is 1. The number of nitrogens with one attached hydrogen (secondary N) is 1. The molecule has 0 fully saturated rings. The van der Waals surface area contributed by atoms with Gasteiger partial charge in [-0.15, -0.1) is 0 Å². The van der Waals surface area contributed by atoms with Crippen LogP contribution in [0.1, 0.15) is 21.5 Å². The highest BCUT2D eigenvalue weighted by Crippen LogP contribution is 2.27. The molecular weight excluding hydrogens is 390 g/mol. The number of carbonyl (C=O) groups excluding carboxylic acids is 1. The first-order valence-electron chi connectivity index (χ1n) is 9.06. The monoisotopic (exact) mass is 411 g/mol. The van der Waals surface area contributed by atoms with Crippen molar-refractivity contribution in [3.8, 4) is 17.2 Å². The Labute approximate surface area is 175 Å². The first-order chi connectivity index (χ1) is 14.1. The number of methoxy groups -OCH3 is 2. The quantitative estimate of drug-likeness (QED) is 0.574. The summed E-state index contributed by atoms with van der Waals surface area (Å²) in [7, 11) is 3.16. The Hall–Kier alpha value is -3.18. The zero-order valence-corrected chi connectivity index (χ0v) is 17.0. The fourth-order valence-electron chi connectivity index (χ4n) is 2.75. The molecule has 0 heterocycles. The molecule has 0 bridgehead atoms. The summed E-state index contributed by atoms with van der Waals surface area (Å²) in [4.78, 5) is 12.4. The third-order valence-electron chi connectivity index (χ3n) is 4.37. The molecule has 1 amide bonds. The molecule has 3 rings (SSSR count). The fraction of sp³-hybridized carbons (Fsp3) is 0.174. The van der Waals surface area contributed by atoms with Gasteiger partial charge in [-0.25, -0.2) is 0 Å². The maximum atomic E-state index is 12.4. The van der Waals surface area contributed by atoms with Crippen molar-refractivity contribution in [2.24, 2.45) is 0 Å². The molecule has 0 atom stereocenters. The van der Waals surface area contributed by atoms with E-state index in [0.717, 1.165) is 11.1 Å². The first-order valence-corrected chi connectivity index (χ1v) is 9.44. The summed E-state index contributed by atoms with van der Waals surface area (Å²) in [5.41, 5.74) is 2.37. The van der Waals surface area contributed by atoms with Crippen LogP contribution in [0.25, 0.3) is 0 Å². The first kappa shape index (κ1) is 20.6. The number of benzene rings is 3. The lowest BCUT2D eigenvalue weighted by Gasteiger charge is -2.11. The Kier molecular flexibility index (Phi) is 6.98. The predicted octanol–water partition coefficient (Wildman–Crippen LogP) is 4.87. The number of halogens is 1. The second kappa shape index (κ2) is 9.85. The average Bonchev–Trinajstić information content (AvgIpc) is 2.77. The van der Waals surface area contributed by atoms with Crippen LogP contribution in [0.3, 0.4) is 0 Å². The van der Waals surface area contributed by atoms with Gasteiger partial charge in [0.15, 0.2) is 11.5 Å². The number of carbonyl (C=O) groups is 1. The number of ether oxygens (including phenoxy) is 3. The van der Waals surface area contributed by atoms with E-state index in [2.05, 4.69) is 5.32 Å². The molecule has 0 radical (unpaired) electrons. The van der Waals surface area contributed by atoms with Gasteiger partial charge in [-0.2, -0.15) is 0 Å². The minimum Gasteiger partial charge on any atom is -0.493 e. The summed E-state index contributed by atoms with van der Waals surface area (Å²) < 4.78 is 16.2. The van der Waals surface area contributed by atoms with E-state index in [0.29, 0.717) is 41.0 Å². The van der Waals surface area contributed by atoms with E-state index < -0.39 is 0 Å². The van der Waals surface area contributed by atoms with Crippen LogP contribution in [0.4, 0.5) is 0 Å². The highest BCUT2D eigenvalue weighted by atomic mass is 35.5. The van der Waals surface area contributed by atoms with Crippen LogP contribution < -0.4 is 19.5 Å². The van der Waals surface area contributed by atoms with E-state index in [1.165, 1.54) is 0 Å². The Balaban J connectivity index is 1.55. The molecule has 0 unspecified atom stereocenters. The van der Waals surface area contributed by atoms with Crippen molar-refractivity contribution in [3.63, 3.8) is 0 Å². The van der Waals surface area contributed by atoms with Crippen LogP contribution in [-0.2, 0) is 13.2 Å². The lowest BCUT2D eigenvalue weighted by molar-refractivity contribution is 0.0951. The van der Waals surface area contributed by atoms with Gasteiger partial charge in [0.05, 0.1) is 14.2 Å². The third kappa shape index (κ3) is 5.42. The fourth-order valence-corrected chi connectivity index (χ4v) is 2.94. The normalized spacial score (nSPS) is 10.3. The van der Waals surface area contributed by atoms with E-state index in [-0.39, 0.29) is 5.91 Å². The average molecular weight is 412 g/mol. The van der Waals surface area contributed by atoms with Gasteiger partial charge in [0.25, 0.3) is 5.91 Å². The Morgan fingerprint density at radius 2 is 1.66 bits per heavy atom. The van der Waals surface area contributed by atoms with E-state index in [1.54, 1.807) is 38.5 Å². The Morgan fingerprint density at radius 1 is 0.931 bits per heavy atom. The van der Waals surface area contributed by atoms with Gasteiger partial charge in [0, 0.05) is 22.7 Å². The molecule has 5 nitrogen and oxygen atoms in total. The number of amides is 1. The zero-order chi connectivity index (χ0) is 20.6. The Bertz CT molecular complexity index is 973. The van der Waals surface area contributed by atoms with Crippen LogP contribution in [-0.4, -0.2) is 20.1 Å². The Morgan fingerprint density at radius 3 is 2.34 bits per heavy atom. The lowest BCUT2D eigenvalue weighted by atomic mass is 10.1. The number of hydrogen-bond acceptors (Lipinski definition) is 4. The van der Waals surface area contributed by atoms with Gasteiger partial charge >= 0.3 is 0 Å². The standard InChI is InChI=1S/C23H22ClNO4/c1-27-21-12-7-16(13-22(21)28-2)14-25-23(26)17-8-10-19(11-9-17)29-15-18-5-3-4-6-20(18)24/h3-13H,14-15H2,1-2H3,(H,25,26). The van der Waals surface area contributed by atoms with Gasteiger partial charge in [0.1, 0.15) is 12.4 Å². The van der Waals surface area contributed by atoms with Crippen LogP contribution in [0, 0.1) is 0 Å². The van der Waals surface area contributed by atoms with Crippen molar-refractivity contribution in [2.45, 2.75) is 13.2 Å². The van der Waals surface area contributed by atoms with Crippen molar-refractivity contribution in [2.75, 3.05) is 14.2 Å². The molecule has 0 aliphatic heterocycles. The maximum absolute atomic E-state index is 12.4. The lowest BCUT2D eigenvalue weighted by Crippen LogP contribution is -2.22. The van der Waals surface area contributed by atoms with Crippen molar-refractivity contribution >= 4 is 17.5 Å². The second-order valence-electron chi connectivity index (χ2n) is 6.28. The molecule has 1 N–H and O–H groups in total. The van der Waals surface area contributed by atoms with Crippen molar-refractivity contribution in [1.82, 2.24) is 5.32 Å². The van der Waals surface area contributed by atoms with Crippen LogP contribution in [0.2, 0.25) is 5.02 Å². The topological polar surface area (TPSA) is 56.8 Å². The molecule has 0 aliphatic rings. The van der Waals surface area contributed by atoms with Crippen molar-refractivity contribution in [3.05, 3.63) is 88.4 Å². The molecule has 29 heavy (non-hydrogen) atoms. The van der Waals surface area contributed by atoms with Crippen molar-refractivity contribution < 1.29 is 19.0 Å². The molecule has 0 saturated carbocycles. The molecule has 6 heteroatoms.